The molecule has 4 N–H and O–H groups in total. The molecule has 1 saturated heterocycles. The minimum atomic E-state index is -0.538. The first-order valence-corrected chi connectivity index (χ1v) is 7.11. The molecule has 1 aliphatic rings. The molecular weight excluding hydrogens is 256 g/mol. The van der Waals surface area contributed by atoms with Gasteiger partial charge < -0.3 is 25.6 Å². The summed E-state index contributed by atoms with van der Waals surface area (Å²) in [7, 11) is 0. The van der Waals surface area contributed by atoms with E-state index in [-0.39, 0.29) is 12.7 Å². The van der Waals surface area contributed by atoms with E-state index in [1.807, 2.05) is 19.1 Å². The van der Waals surface area contributed by atoms with Gasteiger partial charge in [-0.3, -0.25) is 0 Å². The first kappa shape index (κ1) is 15.1. The molecule has 1 fully saturated rings. The molecule has 5 nitrogen and oxygen atoms in total. The fourth-order valence-corrected chi connectivity index (χ4v) is 2.57. The summed E-state index contributed by atoms with van der Waals surface area (Å²) in [4.78, 5) is 2.17. The highest BCUT2D eigenvalue weighted by Gasteiger charge is 2.27. The molecule has 0 bridgehead atoms. The Hall–Kier alpha value is -1.30. The quantitative estimate of drug-likeness (QED) is 0.669. The number of β-amino-alcohol motifs (C(OH)–C–C–N with tert-alkyl or cyclic N) is 1. The summed E-state index contributed by atoms with van der Waals surface area (Å²) >= 11 is 0. The average molecular weight is 280 g/mol. The Kier molecular flexibility index (Phi) is 5.23. The smallest absolute Gasteiger partial charge is 0.121 e. The molecule has 1 aromatic rings. The van der Waals surface area contributed by atoms with Gasteiger partial charge in [0, 0.05) is 24.8 Å². The molecule has 3 atom stereocenters. The van der Waals surface area contributed by atoms with E-state index >= 15 is 0 Å². The second-order valence-electron chi connectivity index (χ2n) is 5.59. The molecule has 2 rings (SSSR count). The number of hydrogen-bond donors (Lipinski definition) is 3. The fraction of sp³-hybridized carbons (Fsp3) is 0.600. The second kappa shape index (κ2) is 6.92. The topological polar surface area (TPSA) is 79.0 Å². The van der Waals surface area contributed by atoms with Gasteiger partial charge in [-0.05, 0) is 37.9 Å². The SMILES string of the molecule is CC(O)C1CCN(CC(O)COc2cccc(N)c2)C1. The van der Waals surface area contributed by atoms with Gasteiger partial charge in [0.15, 0.2) is 0 Å². The lowest BCUT2D eigenvalue weighted by Crippen LogP contribution is -2.35. The maximum Gasteiger partial charge on any atom is 0.121 e. The Morgan fingerprint density at radius 2 is 2.25 bits per heavy atom. The average Bonchev–Trinajstić information content (AvgIpc) is 2.85. The number of hydrogen-bond acceptors (Lipinski definition) is 5. The van der Waals surface area contributed by atoms with Gasteiger partial charge in [-0.15, -0.1) is 0 Å². The highest BCUT2D eigenvalue weighted by atomic mass is 16.5. The first-order valence-electron chi connectivity index (χ1n) is 7.11. The van der Waals surface area contributed by atoms with Gasteiger partial charge in [0.05, 0.1) is 6.10 Å². The van der Waals surface area contributed by atoms with Crippen molar-refractivity contribution in [3.8, 4) is 5.75 Å². The standard InChI is InChI=1S/C15H24N2O3/c1-11(18)12-5-6-17(8-12)9-14(19)10-20-15-4-2-3-13(16)7-15/h2-4,7,11-12,14,18-19H,5-6,8-10,16H2,1H3. The highest BCUT2D eigenvalue weighted by Crippen LogP contribution is 2.20. The number of ether oxygens (including phenoxy) is 1. The van der Waals surface area contributed by atoms with Crippen LogP contribution in [0.1, 0.15) is 13.3 Å². The van der Waals surface area contributed by atoms with Crippen LogP contribution in [0.3, 0.4) is 0 Å². The van der Waals surface area contributed by atoms with Crippen molar-refractivity contribution in [3.63, 3.8) is 0 Å². The third kappa shape index (κ3) is 4.37. The molecule has 5 heteroatoms. The number of aliphatic hydroxyl groups excluding tert-OH is 2. The Morgan fingerprint density at radius 1 is 1.45 bits per heavy atom. The van der Waals surface area contributed by atoms with Crippen LogP contribution < -0.4 is 10.5 Å². The number of benzene rings is 1. The largest absolute Gasteiger partial charge is 0.491 e. The maximum atomic E-state index is 10.0. The minimum absolute atomic E-state index is 0.249. The van der Waals surface area contributed by atoms with E-state index in [4.69, 9.17) is 10.5 Å². The van der Waals surface area contributed by atoms with Crippen LogP contribution in [0.4, 0.5) is 5.69 Å². The normalized spacial score (nSPS) is 22.6. The van der Waals surface area contributed by atoms with Crippen molar-refractivity contribution in [1.29, 1.82) is 0 Å². The Balaban J connectivity index is 1.72. The van der Waals surface area contributed by atoms with Crippen molar-refractivity contribution in [3.05, 3.63) is 24.3 Å². The lowest BCUT2D eigenvalue weighted by atomic mass is 10.0. The molecule has 0 amide bonds. The van der Waals surface area contributed by atoms with Crippen LogP contribution in [0, 0.1) is 5.92 Å². The maximum absolute atomic E-state index is 10.0. The predicted octanol–water partition coefficient (Wildman–Crippen LogP) is 0.711. The number of nitrogen functional groups attached to an aromatic ring is 1. The Labute approximate surface area is 120 Å². The van der Waals surface area contributed by atoms with Crippen molar-refractivity contribution in [2.75, 3.05) is 32.0 Å². The molecule has 0 radical (unpaired) electrons. The van der Waals surface area contributed by atoms with Crippen LogP contribution in [-0.4, -0.2) is 53.6 Å². The minimum Gasteiger partial charge on any atom is -0.491 e. The zero-order chi connectivity index (χ0) is 14.5. The van der Waals surface area contributed by atoms with Crippen LogP contribution in [-0.2, 0) is 0 Å². The van der Waals surface area contributed by atoms with Gasteiger partial charge >= 0.3 is 0 Å². The third-order valence-corrected chi connectivity index (χ3v) is 3.76. The summed E-state index contributed by atoms with van der Waals surface area (Å²) in [5.41, 5.74) is 6.32. The highest BCUT2D eigenvalue weighted by molar-refractivity contribution is 5.43. The van der Waals surface area contributed by atoms with E-state index in [1.54, 1.807) is 12.1 Å². The summed E-state index contributed by atoms with van der Waals surface area (Å²) in [6.07, 6.45) is 0.172. The molecule has 0 aromatic heterocycles. The van der Waals surface area contributed by atoms with E-state index in [0.717, 1.165) is 19.5 Å². The Bertz CT molecular complexity index is 425. The molecule has 1 heterocycles. The van der Waals surface area contributed by atoms with Crippen LogP contribution in [0.15, 0.2) is 24.3 Å². The molecule has 20 heavy (non-hydrogen) atoms. The van der Waals surface area contributed by atoms with E-state index in [2.05, 4.69) is 4.90 Å². The van der Waals surface area contributed by atoms with Gasteiger partial charge in [-0.2, -0.15) is 0 Å². The summed E-state index contributed by atoms with van der Waals surface area (Å²) in [6, 6.07) is 7.18. The first-order chi connectivity index (χ1) is 9.54. The zero-order valence-electron chi connectivity index (χ0n) is 11.9. The van der Waals surface area contributed by atoms with Crippen molar-refractivity contribution >= 4 is 5.69 Å². The third-order valence-electron chi connectivity index (χ3n) is 3.76. The number of aliphatic hydroxyl groups is 2. The van der Waals surface area contributed by atoms with Crippen molar-refractivity contribution in [2.45, 2.75) is 25.6 Å². The van der Waals surface area contributed by atoms with Gasteiger partial charge in [0.25, 0.3) is 0 Å². The number of rotatable bonds is 6. The number of nitrogens with two attached hydrogens (primary N) is 1. The number of anilines is 1. The lowest BCUT2D eigenvalue weighted by molar-refractivity contribution is 0.0696. The van der Waals surface area contributed by atoms with Crippen LogP contribution in [0.25, 0.3) is 0 Å². The summed E-state index contributed by atoms with van der Waals surface area (Å²) < 4.78 is 5.53. The molecule has 1 aromatic carbocycles. The zero-order valence-corrected chi connectivity index (χ0v) is 11.9. The van der Waals surface area contributed by atoms with Crippen molar-refractivity contribution in [1.82, 2.24) is 4.90 Å². The predicted molar refractivity (Wildman–Crippen MR) is 78.6 cm³/mol. The van der Waals surface area contributed by atoms with E-state index in [0.29, 0.717) is 23.9 Å². The van der Waals surface area contributed by atoms with Gasteiger partial charge in [0.2, 0.25) is 0 Å². The monoisotopic (exact) mass is 280 g/mol. The summed E-state index contributed by atoms with van der Waals surface area (Å²) in [5, 5.41) is 19.6. The molecule has 0 spiro atoms. The molecule has 1 aliphatic heterocycles. The van der Waals surface area contributed by atoms with Crippen LogP contribution in [0.2, 0.25) is 0 Å². The van der Waals surface area contributed by atoms with E-state index in [1.165, 1.54) is 0 Å². The van der Waals surface area contributed by atoms with Crippen molar-refractivity contribution in [2.24, 2.45) is 5.92 Å². The van der Waals surface area contributed by atoms with Gasteiger partial charge in [0.1, 0.15) is 18.5 Å². The molecule has 112 valence electrons. The fourth-order valence-electron chi connectivity index (χ4n) is 2.57. The summed E-state index contributed by atoms with van der Waals surface area (Å²) in [6.45, 7) is 4.41. The second-order valence-corrected chi connectivity index (χ2v) is 5.59. The van der Waals surface area contributed by atoms with Crippen LogP contribution in [0.5, 0.6) is 5.75 Å². The molecule has 0 aliphatic carbocycles. The Morgan fingerprint density at radius 3 is 2.90 bits per heavy atom. The van der Waals surface area contributed by atoms with Gasteiger partial charge in [-0.25, -0.2) is 0 Å². The van der Waals surface area contributed by atoms with Crippen molar-refractivity contribution < 1.29 is 14.9 Å². The molecule has 0 saturated carbocycles. The summed E-state index contributed by atoms with van der Waals surface area (Å²) in [5.74, 6) is 0.990. The van der Waals surface area contributed by atoms with Gasteiger partial charge in [-0.1, -0.05) is 6.07 Å². The molecule has 3 unspecified atom stereocenters. The lowest BCUT2D eigenvalue weighted by Gasteiger charge is -2.21. The molecular formula is C15H24N2O3. The van der Waals surface area contributed by atoms with Crippen LogP contribution >= 0.6 is 0 Å². The number of likely N-dealkylation sites (tertiary alicyclic amines) is 1. The number of nitrogens with zero attached hydrogens (tertiary/aromatic N) is 1. The van der Waals surface area contributed by atoms with E-state index in [9.17, 15) is 10.2 Å². The van der Waals surface area contributed by atoms with E-state index < -0.39 is 6.10 Å².